The predicted molar refractivity (Wildman–Crippen MR) is 126 cm³/mol. The van der Waals surface area contributed by atoms with E-state index in [4.69, 9.17) is 16.3 Å². The van der Waals surface area contributed by atoms with Gasteiger partial charge in [-0.15, -0.1) is 0 Å². The molecule has 0 bridgehead atoms. The van der Waals surface area contributed by atoms with Crippen LogP contribution in [0, 0.1) is 5.92 Å². The van der Waals surface area contributed by atoms with Gasteiger partial charge < -0.3 is 9.64 Å². The quantitative estimate of drug-likeness (QED) is 0.620. The Labute approximate surface area is 190 Å². The van der Waals surface area contributed by atoms with Gasteiger partial charge in [0.2, 0.25) is 5.91 Å². The third-order valence-corrected chi connectivity index (χ3v) is 6.73. The van der Waals surface area contributed by atoms with Crippen molar-refractivity contribution in [2.24, 2.45) is 5.92 Å². The molecule has 2 aromatic rings. The molecule has 0 spiro atoms. The number of hydrogen-bond acceptors (Lipinski definition) is 3. The van der Waals surface area contributed by atoms with Gasteiger partial charge in [-0.1, -0.05) is 54.1 Å². The number of piperidine rings is 2. The Bertz CT molecular complexity index is 915. The van der Waals surface area contributed by atoms with Crippen LogP contribution in [0.3, 0.4) is 0 Å². The molecule has 31 heavy (non-hydrogen) atoms. The number of carbonyl (C=O) groups excluding carboxylic acids is 1. The first-order chi connectivity index (χ1) is 15.1. The summed E-state index contributed by atoms with van der Waals surface area (Å²) >= 11 is 6.56. The molecule has 2 aliphatic heterocycles. The number of hydrogen-bond donors (Lipinski definition) is 0. The average molecular weight is 439 g/mol. The van der Waals surface area contributed by atoms with Crippen LogP contribution in [0.2, 0.25) is 0 Å². The van der Waals surface area contributed by atoms with Gasteiger partial charge in [-0.2, -0.15) is 0 Å². The van der Waals surface area contributed by atoms with Crippen molar-refractivity contribution < 1.29 is 9.53 Å². The number of amides is 1. The molecule has 4 nitrogen and oxygen atoms in total. The van der Waals surface area contributed by atoms with Crippen molar-refractivity contribution in [2.75, 3.05) is 33.3 Å². The number of fused-ring (bicyclic) bond motifs is 1. The third-order valence-electron chi connectivity index (χ3n) is 6.50. The van der Waals surface area contributed by atoms with E-state index in [1.165, 1.54) is 5.56 Å². The summed E-state index contributed by atoms with van der Waals surface area (Å²) in [5.41, 5.74) is 2.35. The number of nitrogens with zero attached hydrogens (tertiary/aromatic N) is 2. The molecule has 2 saturated heterocycles. The topological polar surface area (TPSA) is 32.8 Å². The lowest BCUT2D eigenvalue weighted by Gasteiger charge is -2.47. The van der Waals surface area contributed by atoms with E-state index >= 15 is 0 Å². The second-order valence-corrected chi connectivity index (χ2v) is 9.07. The van der Waals surface area contributed by atoms with Gasteiger partial charge in [0.15, 0.2) is 0 Å². The van der Waals surface area contributed by atoms with Gasteiger partial charge in [-0.3, -0.25) is 9.69 Å². The molecule has 1 amide bonds. The summed E-state index contributed by atoms with van der Waals surface area (Å²) in [6.07, 6.45) is 5.57. The van der Waals surface area contributed by atoms with Crippen LogP contribution in [0.1, 0.15) is 30.4 Å². The summed E-state index contributed by atoms with van der Waals surface area (Å²) in [5, 5.41) is 0.867. The number of methoxy groups -OCH3 is 1. The molecule has 2 aliphatic rings. The normalized spacial score (nSPS) is 22.3. The maximum absolute atomic E-state index is 12.7. The summed E-state index contributed by atoms with van der Waals surface area (Å²) in [6, 6.07) is 18.7. The summed E-state index contributed by atoms with van der Waals surface area (Å²) < 4.78 is 5.33. The SMILES string of the molecule is COc1cccc(CCN2C(=O)CC[C@@H]3CN(C/C(Cl)=C/c4ccccc4)CC[C@@H]32)c1. The number of carbonyl (C=O) groups is 1. The van der Waals surface area contributed by atoms with E-state index in [0.29, 0.717) is 24.3 Å². The first kappa shape index (κ1) is 21.9. The molecule has 0 unspecified atom stereocenters. The summed E-state index contributed by atoms with van der Waals surface area (Å²) in [4.78, 5) is 17.3. The van der Waals surface area contributed by atoms with Crippen molar-refractivity contribution in [3.63, 3.8) is 0 Å². The van der Waals surface area contributed by atoms with Gasteiger partial charge in [-0.25, -0.2) is 0 Å². The fraction of sp³-hybridized carbons (Fsp3) is 0.423. The van der Waals surface area contributed by atoms with Gasteiger partial charge in [-0.05, 0) is 54.5 Å². The molecule has 2 heterocycles. The van der Waals surface area contributed by atoms with Crippen LogP contribution in [-0.2, 0) is 11.2 Å². The van der Waals surface area contributed by atoms with Crippen LogP contribution in [-0.4, -0.2) is 55.0 Å². The lowest BCUT2D eigenvalue weighted by molar-refractivity contribution is -0.140. The molecule has 0 N–H and O–H groups in total. The number of ether oxygens (including phenoxy) is 1. The van der Waals surface area contributed by atoms with Gasteiger partial charge in [0, 0.05) is 43.7 Å². The Morgan fingerprint density at radius 3 is 2.81 bits per heavy atom. The van der Waals surface area contributed by atoms with Crippen molar-refractivity contribution in [1.82, 2.24) is 9.80 Å². The summed E-state index contributed by atoms with van der Waals surface area (Å²) in [7, 11) is 1.69. The van der Waals surface area contributed by atoms with E-state index in [-0.39, 0.29) is 0 Å². The van der Waals surface area contributed by atoms with E-state index in [2.05, 4.69) is 40.1 Å². The molecule has 0 radical (unpaired) electrons. The third kappa shape index (κ3) is 5.69. The maximum atomic E-state index is 12.7. The van der Waals surface area contributed by atoms with Crippen LogP contribution in [0.4, 0.5) is 0 Å². The predicted octanol–water partition coefficient (Wildman–Crippen LogP) is 4.83. The molecular formula is C26H31ClN2O2. The Balaban J connectivity index is 1.35. The highest BCUT2D eigenvalue weighted by atomic mass is 35.5. The lowest BCUT2D eigenvalue weighted by atomic mass is 9.83. The van der Waals surface area contributed by atoms with Crippen LogP contribution >= 0.6 is 11.6 Å². The standard InChI is InChI=1S/C26H31ClN2O2/c1-31-24-9-5-8-21(17-24)12-15-29-25-13-14-28(18-22(25)10-11-26(29)30)19-23(27)16-20-6-3-2-4-7-20/h2-9,16-17,22,25H,10-15,18-19H2,1H3/b23-16-/t22-,25+/m1/s1. The van der Waals surface area contributed by atoms with Crippen LogP contribution < -0.4 is 4.74 Å². The molecule has 2 atom stereocenters. The fourth-order valence-electron chi connectivity index (χ4n) is 4.93. The number of likely N-dealkylation sites (tertiary alicyclic amines) is 2. The second-order valence-electron chi connectivity index (χ2n) is 8.58. The van der Waals surface area contributed by atoms with Gasteiger partial charge in [0.25, 0.3) is 0 Å². The molecule has 2 fully saturated rings. The van der Waals surface area contributed by atoms with E-state index in [1.807, 2.05) is 30.3 Å². The van der Waals surface area contributed by atoms with E-state index in [9.17, 15) is 4.79 Å². The zero-order chi connectivity index (χ0) is 21.6. The van der Waals surface area contributed by atoms with E-state index in [0.717, 1.165) is 61.8 Å². The van der Waals surface area contributed by atoms with E-state index in [1.54, 1.807) is 7.11 Å². The Hall–Kier alpha value is -2.30. The number of rotatable bonds is 7. The van der Waals surface area contributed by atoms with Gasteiger partial charge >= 0.3 is 0 Å². The molecule has 5 heteroatoms. The van der Waals surface area contributed by atoms with Crippen LogP contribution in [0.15, 0.2) is 59.6 Å². The zero-order valence-corrected chi connectivity index (χ0v) is 18.9. The van der Waals surface area contributed by atoms with Gasteiger partial charge in [0.1, 0.15) is 5.75 Å². The summed E-state index contributed by atoms with van der Waals surface area (Å²) in [5.74, 6) is 1.70. The van der Waals surface area contributed by atoms with Crippen molar-refractivity contribution in [2.45, 2.75) is 31.7 Å². The molecule has 0 saturated carbocycles. The molecule has 4 rings (SSSR count). The number of benzene rings is 2. The van der Waals surface area contributed by atoms with Gasteiger partial charge in [0.05, 0.1) is 7.11 Å². The first-order valence-electron chi connectivity index (χ1n) is 11.2. The van der Waals surface area contributed by atoms with Crippen molar-refractivity contribution >= 4 is 23.6 Å². The highest BCUT2D eigenvalue weighted by Crippen LogP contribution is 2.32. The first-order valence-corrected chi connectivity index (χ1v) is 11.6. The maximum Gasteiger partial charge on any atom is 0.222 e. The monoisotopic (exact) mass is 438 g/mol. The minimum absolute atomic E-state index is 0.305. The summed E-state index contributed by atoms with van der Waals surface area (Å²) in [6.45, 7) is 3.54. The molecule has 0 aromatic heterocycles. The highest BCUT2D eigenvalue weighted by Gasteiger charge is 2.38. The van der Waals surface area contributed by atoms with Crippen molar-refractivity contribution in [3.05, 3.63) is 70.8 Å². The second kappa shape index (κ2) is 10.3. The Morgan fingerprint density at radius 1 is 1.16 bits per heavy atom. The molecule has 0 aliphatic carbocycles. The van der Waals surface area contributed by atoms with Crippen LogP contribution in [0.5, 0.6) is 5.75 Å². The highest BCUT2D eigenvalue weighted by molar-refractivity contribution is 6.31. The Morgan fingerprint density at radius 2 is 2.00 bits per heavy atom. The number of halogens is 1. The Kier molecular flexibility index (Phi) is 7.31. The van der Waals surface area contributed by atoms with Crippen LogP contribution in [0.25, 0.3) is 6.08 Å². The smallest absolute Gasteiger partial charge is 0.222 e. The fourth-order valence-corrected chi connectivity index (χ4v) is 5.22. The zero-order valence-electron chi connectivity index (χ0n) is 18.2. The van der Waals surface area contributed by atoms with E-state index < -0.39 is 0 Å². The van der Waals surface area contributed by atoms with Crippen molar-refractivity contribution in [1.29, 1.82) is 0 Å². The average Bonchev–Trinajstić information content (AvgIpc) is 2.79. The lowest BCUT2D eigenvalue weighted by Crippen LogP contribution is -2.56. The molecular weight excluding hydrogens is 408 g/mol. The minimum atomic E-state index is 0.305. The molecule has 2 aromatic carbocycles. The molecule has 164 valence electrons. The largest absolute Gasteiger partial charge is 0.497 e. The van der Waals surface area contributed by atoms with Crippen molar-refractivity contribution in [3.8, 4) is 5.75 Å². The minimum Gasteiger partial charge on any atom is -0.497 e.